The summed E-state index contributed by atoms with van der Waals surface area (Å²) in [6.45, 7) is 0.366. The Morgan fingerprint density at radius 2 is 1.87 bits per heavy atom. The summed E-state index contributed by atoms with van der Waals surface area (Å²) in [4.78, 5) is 22.6. The van der Waals surface area contributed by atoms with Gasteiger partial charge in [-0.25, -0.2) is 4.79 Å². The van der Waals surface area contributed by atoms with Crippen molar-refractivity contribution < 1.29 is 19.4 Å². The van der Waals surface area contributed by atoms with Crippen LogP contribution in [0, 0.1) is 0 Å². The van der Waals surface area contributed by atoms with Crippen LogP contribution >= 0.6 is 0 Å². The third kappa shape index (κ3) is 3.32. The molecule has 1 heterocycles. The average Bonchev–Trinajstić information content (AvgIpc) is 2.54. The van der Waals surface area contributed by atoms with E-state index in [9.17, 15) is 9.59 Å². The number of ether oxygens (including phenoxy) is 1. The Balaban J connectivity index is 1.85. The molecule has 0 atom stereocenters. The Morgan fingerprint density at radius 3 is 2.61 bits per heavy atom. The van der Waals surface area contributed by atoms with Crippen LogP contribution in [-0.2, 0) is 16.2 Å². The number of nitrogens with one attached hydrogen (secondary N) is 2. The summed E-state index contributed by atoms with van der Waals surface area (Å²) >= 11 is 0. The van der Waals surface area contributed by atoms with Gasteiger partial charge in [-0.2, -0.15) is 0 Å². The number of fused-ring (bicyclic) bond motifs is 1. The Kier molecular flexibility index (Phi) is 3.97. The van der Waals surface area contributed by atoms with Gasteiger partial charge in [0.25, 0.3) is 5.91 Å². The van der Waals surface area contributed by atoms with Gasteiger partial charge in [-0.05, 0) is 17.7 Å². The smallest absolute Gasteiger partial charge is 0.330 e. The number of carboxylic acid groups (broad SMARTS) is 1. The van der Waals surface area contributed by atoms with Gasteiger partial charge in [0.15, 0.2) is 0 Å². The monoisotopic (exact) mass is 310 g/mol. The van der Waals surface area contributed by atoms with Gasteiger partial charge in [0.05, 0.1) is 11.8 Å². The van der Waals surface area contributed by atoms with Crippen LogP contribution in [0.4, 0.5) is 11.4 Å². The highest BCUT2D eigenvalue weighted by atomic mass is 16.5. The summed E-state index contributed by atoms with van der Waals surface area (Å²) in [6.07, 6.45) is 0.826. The van der Waals surface area contributed by atoms with Crippen LogP contribution in [0.5, 0.6) is 5.75 Å². The summed E-state index contributed by atoms with van der Waals surface area (Å²) in [6, 6.07) is 14.9. The van der Waals surface area contributed by atoms with Crippen LogP contribution in [0.1, 0.15) is 5.56 Å². The number of amides is 1. The molecular weight excluding hydrogens is 296 g/mol. The Morgan fingerprint density at radius 1 is 1.09 bits per heavy atom. The molecule has 6 nitrogen and oxygen atoms in total. The number of carbonyl (C=O) groups excluding carboxylic acids is 1. The number of para-hydroxylation sites is 1. The van der Waals surface area contributed by atoms with Gasteiger partial charge in [-0.15, -0.1) is 0 Å². The molecule has 3 rings (SSSR count). The summed E-state index contributed by atoms with van der Waals surface area (Å²) < 4.78 is 5.79. The predicted molar refractivity (Wildman–Crippen MR) is 85.2 cm³/mol. The lowest BCUT2D eigenvalue weighted by molar-refractivity contribution is -0.131. The first-order valence-electron chi connectivity index (χ1n) is 6.96. The van der Waals surface area contributed by atoms with E-state index >= 15 is 0 Å². The van der Waals surface area contributed by atoms with E-state index in [1.807, 2.05) is 30.3 Å². The quantitative estimate of drug-likeness (QED) is 0.756. The van der Waals surface area contributed by atoms with Crippen molar-refractivity contribution in [3.8, 4) is 5.75 Å². The third-order valence-corrected chi connectivity index (χ3v) is 3.28. The second-order valence-corrected chi connectivity index (χ2v) is 4.93. The fourth-order valence-electron chi connectivity index (χ4n) is 2.23. The molecule has 0 bridgehead atoms. The molecule has 0 fully saturated rings. The molecule has 2 aromatic rings. The van der Waals surface area contributed by atoms with Crippen LogP contribution in [0.2, 0.25) is 0 Å². The van der Waals surface area contributed by atoms with Crippen molar-refractivity contribution in [1.29, 1.82) is 0 Å². The molecule has 0 saturated heterocycles. The molecule has 1 aliphatic heterocycles. The molecule has 0 spiro atoms. The first-order chi connectivity index (χ1) is 11.1. The maximum atomic E-state index is 11.8. The van der Waals surface area contributed by atoms with Gasteiger partial charge in [0, 0.05) is 0 Å². The van der Waals surface area contributed by atoms with Crippen LogP contribution in [0.3, 0.4) is 0 Å². The lowest BCUT2D eigenvalue weighted by Gasteiger charge is -2.23. The van der Waals surface area contributed by atoms with Gasteiger partial charge in [-0.1, -0.05) is 36.4 Å². The van der Waals surface area contributed by atoms with Gasteiger partial charge in [0.1, 0.15) is 23.7 Å². The molecule has 6 heteroatoms. The highest BCUT2D eigenvalue weighted by Gasteiger charge is 2.23. The molecule has 3 N–H and O–H groups in total. The van der Waals surface area contributed by atoms with Crippen LogP contribution in [-0.4, -0.2) is 17.0 Å². The number of hydrogen-bond acceptors (Lipinski definition) is 4. The Hall–Kier alpha value is -3.28. The van der Waals surface area contributed by atoms with Crippen molar-refractivity contribution in [3.05, 3.63) is 65.9 Å². The fraction of sp³-hybridized carbons (Fsp3) is 0.0588. The number of carboxylic acids is 1. The van der Waals surface area contributed by atoms with Gasteiger partial charge >= 0.3 is 5.97 Å². The molecule has 1 aliphatic rings. The standard InChI is InChI=1S/C17H14N2O4/c20-15(21)9-13-17(22)19-12-7-4-8-14(16(12)18-13)23-10-11-5-2-1-3-6-11/h1-9,18H,10H2,(H,19,22)(H,20,21). The van der Waals surface area contributed by atoms with Gasteiger partial charge < -0.3 is 20.5 Å². The predicted octanol–water partition coefficient (Wildman–Crippen LogP) is 2.60. The normalized spacial score (nSPS) is 14.6. The van der Waals surface area contributed by atoms with E-state index in [1.54, 1.807) is 18.2 Å². The minimum atomic E-state index is -1.20. The summed E-state index contributed by atoms with van der Waals surface area (Å²) in [5.41, 5.74) is 2.05. The zero-order chi connectivity index (χ0) is 16.2. The Bertz CT molecular complexity index is 784. The molecule has 23 heavy (non-hydrogen) atoms. The van der Waals surface area contributed by atoms with Crippen molar-refractivity contribution in [1.82, 2.24) is 0 Å². The number of rotatable bonds is 4. The van der Waals surface area contributed by atoms with Crippen molar-refractivity contribution in [2.75, 3.05) is 10.6 Å². The van der Waals surface area contributed by atoms with E-state index in [0.717, 1.165) is 11.6 Å². The topological polar surface area (TPSA) is 87.7 Å². The second-order valence-electron chi connectivity index (χ2n) is 4.93. The van der Waals surface area contributed by atoms with Crippen LogP contribution < -0.4 is 15.4 Å². The van der Waals surface area contributed by atoms with E-state index in [-0.39, 0.29) is 5.70 Å². The zero-order valence-electron chi connectivity index (χ0n) is 12.1. The number of aliphatic carboxylic acids is 1. The number of hydrogen-bond donors (Lipinski definition) is 3. The fourth-order valence-corrected chi connectivity index (χ4v) is 2.23. The first-order valence-corrected chi connectivity index (χ1v) is 6.96. The molecule has 0 aliphatic carbocycles. The third-order valence-electron chi connectivity index (χ3n) is 3.28. The summed E-state index contributed by atoms with van der Waals surface area (Å²) in [5.74, 6) is -1.17. The summed E-state index contributed by atoms with van der Waals surface area (Å²) in [5, 5.41) is 14.3. The molecule has 0 aromatic heterocycles. The average molecular weight is 310 g/mol. The SMILES string of the molecule is O=C(O)C=C1Nc2c(cccc2OCc2ccccc2)NC1=O. The highest BCUT2D eigenvalue weighted by Crippen LogP contribution is 2.37. The van der Waals surface area contributed by atoms with E-state index < -0.39 is 11.9 Å². The van der Waals surface area contributed by atoms with Crippen LogP contribution in [0.25, 0.3) is 0 Å². The molecule has 2 aromatic carbocycles. The van der Waals surface area contributed by atoms with Crippen molar-refractivity contribution >= 4 is 23.3 Å². The maximum Gasteiger partial charge on any atom is 0.330 e. The minimum Gasteiger partial charge on any atom is -0.487 e. The molecule has 0 unspecified atom stereocenters. The summed E-state index contributed by atoms with van der Waals surface area (Å²) in [7, 11) is 0. The molecule has 1 amide bonds. The van der Waals surface area contributed by atoms with E-state index in [2.05, 4.69) is 10.6 Å². The van der Waals surface area contributed by atoms with Gasteiger partial charge in [0.2, 0.25) is 0 Å². The molecule has 0 saturated carbocycles. The van der Waals surface area contributed by atoms with E-state index in [0.29, 0.717) is 23.7 Å². The first kappa shape index (κ1) is 14.6. The van der Waals surface area contributed by atoms with Crippen molar-refractivity contribution in [3.63, 3.8) is 0 Å². The van der Waals surface area contributed by atoms with Crippen molar-refractivity contribution in [2.45, 2.75) is 6.61 Å². The molecule has 116 valence electrons. The highest BCUT2D eigenvalue weighted by molar-refractivity contribution is 6.13. The lowest BCUT2D eigenvalue weighted by Crippen LogP contribution is -2.26. The zero-order valence-corrected chi connectivity index (χ0v) is 12.1. The number of carbonyl (C=O) groups is 2. The largest absolute Gasteiger partial charge is 0.487 e. The molecule has 0 radical (unpaired) electrons. The molecular formula is C17H14N2O4. The Labute approximate surface area is 132 Å². The second kappa shape index (κ2) is 6.23. The number of benzene rings is 2. The lowest BCUT2D eigenvalue weighted by atomic mass is 10.1. The van der Waals surface area contributed by atoms with Crippen molar-refractivity contribution in [2.24, 2.45) is 0 Å². The maximum absolute atomic E-state index is 11.8. The van der Waals surface area contributed by atoms with E-state index in [1.165, 1.54) is 0 Å². The minimum absolute atomic E-state index is 0.0410. The number of anilines is 2. The van der Waals surface area contributed by atoms with Gasteiger partial charge in [-0.3, -0.25) is 4.79 Å². The van der Waals surface area contributed by atoms with E-state index in [4.69, 9.17) is 9.84 Å². The van der Waals surface area contributed by atoms with Crippen LogP contribution in [0.15, 0.2) is 60.3 Å².